The first-order chi connectivity index (χ1) is 22.1. The highest BCUT2D eigenvalue weighted by atomic mass is 32.1. The number of nitrogens with one attached hydrogen (secondary N) is 2. The normalized spacial score (nSPS) is 19.2. The van der Waals surface area contributed by atoms with Gasteiger partial charge in [0.25, 0.3) is 11.8 Å². The van der Waals surface area contributed by atoms with Crippen LogP contribution in [0.15, 0.2) is 41.8 Å². The van der Waals surface area contributed by atoms with Gasteiger partial charge >= 0.3 is 0 Å². The molecular weight excluding hydrogens is 579 g/mol. The van der Waals surface area contributed by atoms with Crippen LogP contribution in [0.3, 0.4) is 0 Å². The average molecular weight is 630 g/mol. The van der Waals surface area contributed by atoms with Gasteiger partial charge in [-0.05, 0) is 49.7 Å². The molecule has 6 rings (SSSR count). The highest BCUT2D eigenvalue weighted by Gasteiger charge is 2.27. The number of likely N-dealkylation sites (tertiary alicyclic amines) is 1. The van der Waals surface area contributed by atoms with Crippen LogP contribution in [0.2, 0.25) is 0 Å². The van der Waals surface area contributed by atoms with Crippen LogP contribution < -0.4 is 5.32 Å². The van der Waals surface area contributed by atoms with E-state index in [4.69, 9.17) is 0 Å². The lowest BCUT2D eigenvalue weighted by Crippen LogP contribution is -2.39. The SMILES string of the molecule is O=C(NCCCCC1CCN(C(=O)c2csc(-c3ccccc3)n2)CC1)c1cc2c([nH]1)CCN(C1CCCCCCCCC1)C2. The van der Waals surface area contributed by atoms with Gasteiger partial charge in [-0.3, -0.25) is 14.5 Å². The summed E-state index contributed by atoms with van der Waals surface area (Å²) in [6, 6.07) is 12.9. The molecule has 3 aliphatic rings. The molecule has 4 heterocycles. The Kier molecular flexibility index (Phi) is 11.4. The molecule has 2 amide bonds. The van der Waals surface area contributed by atoms with E-state index in [-0.39, 0.29) is 11.8 Å². The molecule has 242 valence electrons. The van der Waals surface area contributed by atoms with Crippen molar-refractivity contribution in [1.82, 2.24) is 25.1 Å². The fourth-order valence-corrected chi connectivity index (χ4v) is 8.37. The van der Waals surface area contributed by atoms with E-state index >= 15 is 0 Å². The summed E-state index contributed by atoms with van der Waals surface area (Å²) in [7, 11) is 0. The third kappa shape index (κ3) is 8.64. The smallest absolute Gasteiger partial charge is 0.273 e. The molecule has 3 aromatic rings. The predicted molar refractivity (Wildman–Crippen MR) is 183 cm³/mol. The summed E-state index contributed by atoms with van der Waals surface area (Å²) in [4.78, 5) is 38.8. The summed E-state index contributed by atoms with van der Waals surface area (Å²) < 4.78 is 0. The first-order valence-corrected chi connectivity index (χ1v) is 18.6. The second-order valence-corrected chi connectivity index (χ2v) is 14.4. The minimum atomic E-state index is 0.0268. The fourth-order valence-electron chi connectivity index (χ4n) is 7.57. The molecule has 2 aromatic heterocycles. The molecule has 0 unspecified atom stereocenters. The Bertz CT molecular complexity index is 1370. The van der Waals surface area contributed by atoms with Crippen LogP contribution in [0.1, 0.15) is 122 Å². The quantitative estimate of drug-likeness (QED) is 0.236. The molecule has 1 aromatic carbocycles. The maximum Gasteiger partial charge on any atom is 0.273 e. The van der Waals surface area contributed by atoms with E-state index in [9.17, 15) is 9.59 Å². The predicted octanol–water partition coefficient (Wildman–Crippen LogP) is 7.84. The Balaban J connectivity index is 0.878. The van der Waals surface area contributed by atoms with E-state index in [1.807, 2.05) is 40.6 Å². The molecule has 1 aliphatic carbocycles. The summed E-state index contributed by atoms with van der Waals surface area (Å²) in [6.45, 7) is 4.39. The lowest BCUT2D eigenvalue weighted by atomic mass is 9.91. The van der Waals surface area contributed by atoms with Gasteiger partial charge in [0.05, 0.1) is 0 Å². The number of hydrogen-bond acceptors (Lipinski definition) is 5. The van der Waals surface area contributed by atoms with Crippen molar-refractivity contribution in [3.8, 4) is 10.6 Å². The van der Waals surface area contributed by atoms with Gasteiger partial charge in [0.2, 0.25) is 0 Å². The fraction of sp³-hybridized carbons (Fsp3) is 0.595. The number of unbranched alkanes of at least 4 members (excludes halogenated alkanes) is 1. The van der Waals surface area contributed by atoms with Crippen LogP contribution in [-0.4, -0.2) is 63.8 Å². The topological polar surface area (TPSA) is 81.3 Å². The van der Waals surface area contributed by atoms with Gasteiger partial charge in [0, 0.05) is 61.8 Å². The minimum Gasteiger partial charge on any atom is -0.354 e. The molecule has 2 fully saturated rings. The Morgan fingerprint density at radius 3 is 2.40 bits per heavy atom. The zero-order chi connectivity index (χ0) is 30.8. The van der Waals surface area contributed by atoms with Gasteiger partial charge < -0.3 is 15.2 Å². The number of fused-ring (bicyclic) bond motifs is 1. The molecule has 2 aliphatic heterocycles. The van der Waals surface area contributed by atoms with Crippen LogP contribution >= 0.6 is 11.3 Å². The van der Waals surface area contributed by atoms with Crippen molar-refractivity contribution in [2.45, 2.75) is 109 Å². The number of carbonyl (C=O) groups is 2. The molecule has 7 nitrogen and oxygen atoms in total. The van der Waals surface area contributed by atoms with E-state index in [1.165, 1.54) is 80.4 Å². The van der Waals surface area contributed by atoms with Crippen molar-refractivity contribution < 1.29 is 9.59 Å². The Morgan fingerprint density at radius 1 is 0.911 bits per heavy atom. The number of H-pyrrole nitrogens is 1. The third-order valence-corrected chi connectivity index (χ3v) is 11.2. The second kappa shape index (κ2) is 16.0. The molecule has 1 saturated heterocycles. The Hall–Kier alpha value is -2.97. The number of thiazole rings is 1. The van der Waals surface area contributed by atoms with Gasteiger partial charge in [0.15, 0.2) is 0 Å². The van der Waals surface area contributed by atoms with Crippen LogP contribution in [0.25, 0.3) is 10.6 Å². The number of aromatic nitrogens is 2. The van der Waals surface area contributed by atoms with E-state index < -0.39 is 0 Å². The number of carbonyl (C=O) groups excluding carboxylic acids is 2. The Labute approximate surface area is 273 Å². The van der Waals surface area contributed by atoms with Gasteiger partial charge in [0.1, 0.15) is 16.4 Å². The molecule has 8 heteroatoms. The summed E-state index contributed by atoms with van der Waals surface area (Å²) >= 11 is 1.53. The molecule has 1 saturated carbocycles. The number of piperidine rings is 1. The third-order valence-electron chi connectivity index (χ3n) is 10.3. The van der Waals surface area contributed by atoms with Crippen LogP contribution in [-0.2, 0) is 13.0 Å². The summed E-state index contributed by atoms with van der Waals surface area (Å²) in [5.41, 5.74) is 4.92. The van der Waals surface area contributed by atoms with Crippen molar-refractivity contribution >= 4 is 23.2 Å². The lowest BCUT2D eigenvalue weighted by Gasteiger charge is -2.35. The maximum absolute atomic E-state index is 13.1. The summed E-state index contributed by atoms with van der Waals surface area (Å²) in [6.07, 6.45) is 18.7. The zero-order valence-electron chi connectivity index (χ0n) is 26.9. The summed E-state index contributed by atoms with van der Waals surface area (Å²) in [5, 5.41) is 5.95. The molecule has 0 spiro atoms. The highest BCUT2D eigenvalue weighted by Crippen LogP contribution is 2.28. The second-order valence-electron chi connectivity index (χ2n) is 13.5. The largest absolute Gasteiger partial charge is 0.354 e. The monoisotopic (exact) mass is 629 g/mol. The van der Waals surface area contributed by atoms with Gasteiger partial charge in [-0.25, -0.2) is 4.98 Å². The number of hydrogen-bond donors (Lipinski definition) is 2. The molecule has 45 heavy (non-hydrogen) atoms. The maximum atomic E-state index is 13.1. The molecule has 0 atom stereocenters. The van der Waals surface area contributed by atoms with E-state index in [2.05, 4.69) is 26.3 Å². The molecular formula is C37H51N5O2S. The van der Waals surface area contributed by atoms with E-state index in [0.717, 1.165) is 81.0 Å². The molecule has 2 N–H and O–H groups in total. The first-order valence-electron chi connectivity index (χ1n) is 17.7. The lowest BCUT2D eigenvalue weighted by molar-refractivity contribution is 0.0680. The van der Waals surface area contributed by atoms with Crippen molar-refractivity contribution in [2.75, 3.05) is 26.2 Å². The standard InChI is InChI=1S/C37H51N5O2S/c43-35(33-25-30-26-42(24-20-32(30)39-33)31-16-9-4-2-1-3-5-10-17-31)38-21-12-11-13-28-18-22-41(23-19-28)37(44)34-27-45-36(40-34)29-14-7-6-8-15-29/h6-8,14-15,25,27-28,31,39H,1-5,9-13,16-24,26H2,(H,38,43). The van der Waals surface area contributed by atoms with Crippen molar-refractivity contribution in [3.63, 3.8) is 0 Å². The number of benzene rings is 1. The zero-order valence-corrected chi connectivity index (χ0v) is 27.7. The number of amides is 2. The van der Waals surface area contributed by atoms with Crippen molar-refractivity contribution in [3.05, 3.63) is 64.4 Å². The van der Waals surface area contributed by atoms with Gasteiger partial charge in [-0.2, -0.15) is 0 Å². The van der Waals surface area contributed by atoms with Crippen LogP contribution in [0.5, 0.6) is 0 Å². The number of rotatable bonds is 9. The Morgan fingerprint density at radius 2 is 1.64 bits per heavy atom. The van der Waals surface area contributed by atoms with Crippen molar-refractivity contribution in [1.29, 1.82) is 0 Å². The van der Waals surface area contributed by atoms with E-state index in [1.54, 1.807) is 0 Å². The van der Waals surface area contributed by atoms with Crippen LogP contribution in [0.4, 0.5) is 0 Å². The van der Waals surface area contributed by atoms with E-state index in [0.29, 0.717) is 24.2 Å². The average Bonchev–Trinajstić information content (AvgIpc) is 3.75. The van der Waals surface area contributed by atoms with Gasteiger partial charge in [-0.1, -0.05) is 88.1 Å². The summed E-state index contributed by atoms with van der Waals surface area (Å²) in [5.74, 6) is 0.725. The van der Waals surface area contributed by atoms with Crippen LogP contribution in [0, 0.1) is 5.92 Å². The van der Waals surface area contributed by atoms with Crippen molar-refractivity contribution in [2.24, 2.45) is 5.92 Å². The first kappa shape index (κ1) is 32.0. The molecule has 0 bridgehead atoms. The minimum absolute atomic E-state index is 0.0268. The van der Waals surface area contributed by atoms with Gasteiger partial charge in [-0.15, -0.1) is 11.3 Å². The highest BCUT2D eigenvalue weighted by molar-refractivity contribution is 7.13. The number of aromatic amines is 1. The number of nitrogens with zero attached hydrogens (tertiary/aromatic N) is 3. The molecule has 0 radical (unpaired) electrons.